The zero-order valence-corrected chi connectivity index (χ0v) is 13.3. The van der Waals surface area contributed by atoms with Gasteiger partial charge in [-0.3, -0.25) is 0 Å². The lowest BCUT2D eigenvalue weighted by Crippen LogP contribution is -2.36. The molecule has 114 valence electrons. The molecule has 0 fully saturated rings. The van der Waals surface area contributed by atoms with E-state index in [0.29, 0.717) is 13.1 Å². The minimum Gasteiger partial charge on any atom is -0.478 e. The number of carboxylic acids is 1. The molecule has 0 radical (unpaired) electrons. The van der Waals surface area contributed by atoms with Crippen LogP contribution in [0.5, 0.6) is 0 Å². The van der Waals surface area contributed by atoms with Gasteiger partial charge in [0, 0.05) is 13.1 Å². The molecule has 2 N–H and O–H groups in total. The number of benzene rings is 1. The summed E-state index contributed by atoms with van der Waals surface area (Å²) in [6, 6.07) is 2.09. The fourth-order valence-corrected chi connectivity index (χ4v) is 2.24. The van der Waals surface area contributed by atoms with Gasteiger partial charge in [0.2, 0.25) is 0 Å². The standard InChI is InChI=1S/C14H16Cl2N2O3/c1-4-18(7-8(2)3)14(21)17-12-10(15)5-9(13(19)20)6-11(12)16/h5-6H,2,4,7H2,1,3H3,(H,17,21)(H,19,20). The van der Waals surface area contributed by atoms with E-state index in [0.717, 1.165) is 5.57 Å². The number of halogens is 2. The largest absolute Gasteiger partial charge is 0.478 e. The monoisotopic (exact) mass is 330 g/mol. The third kappa shape index (κ3) is 4.65. The van der Waals surface area contributed by atoms with Gasteiger partial charge in [-0.1, -0.05) is 35.4 Å². The molecule has 0 atom stereocenters. The number of carbonyl (C=O) groups excluding carboxylic acids is 1. The third-order valence-electron chi connectivity index (χ3n) is 2.65. The van der Waals surface area contributed by atoms with Crippen molar-refractivity contribution in [3.8, 4) is 0 Å². The van der Waals surface area contributed by atoms with Crippen LogP contribution in [0.2, 0.25) is 10.0 Å². The van der Waals surface area contributed by atoms with E-state index in [1.54, 1.807) is 0 Å². The molecule has 0 heterocycles. The summed E-state index contributed by atoms with van der Waals surface area (Å²) in [5, 5.41) is 11.6. The van der Waals surface area contributed by atoms with Crippen molar-refractivity contribution >= 4 is 40.9 Å². The van der Waals surface area contributed by atoms with Crippen LogP contribution in [0.1, 0.15) is 24.2 Å². The summed E-state index contributed by atoms with van der Waals surface area (Å²) in [4.78, 5) is 24.6. The molecule has 21 heavy (non-hydrogen) atoms. The number of aromatic carboxylic acids is 1. The van der Waals surface area contributed by atoms with E-state index in [-0.39, 0.29) is 27.3 Å². The normalized spacial score (nSPS) is 10.1. The molecule has 1 aromatic carbocycles. The number of nitrogens with zero attached hydrogens (tertiary/aromatic N) is 1. The fourth-order valence-electron chi connectivity index (χ4n) is 1.66. The van der Waals surface area contributed by atoms with Gasteiger partial charge in [0.1, 0.15) is 0 Å². The quantitative estimate of drug-likeness (QED) is 0.797. The Balaban J connectivity index is 2.99. The predicted octanol–water partition coefficient (Wildman–Crippen LogP) is 4.12. The predicted molar refractivity (Wildman–Crippen MR) is 84.5 cm³/mol. The van der Waals surface area contributed by atoms with Crippen molar-refractivity contribution in [2.24, 2.45) is 0 Å². The maximum Gasteiger partial charge on any atom is 0.335 e. The van der Waals surface area contributed by atoms with Gasteiger partial charge >= 0.3 is 12.0 Å². The van der Waals surface area contributed by atoms with Crippen LogP contribution >= 0.6 is 23.2 Å². The molecule has 2 amide bonds. The topological polar surface area (TPSA) is 69.6 Å². The Morgan fingerprint density at radius 3 is 2.24 bits per heavy atom. The maximum absolute atomic E-state index is 12.1. The van der Waals surface area contributed by atoms with Gasteiger partial charge in [-0.25, -0.2) is 9.59 Å². The van der Waals surface area contributed by atoms with E-state index in [9.17, 15) is 9.59 Å². The van der Waals surface area contributed by atoms with Gasteiger partial charge in [0.15, 0.2) is 0 Å². The van der Waals surface area contributed by atoms with E-state index >= 15 is 0 Å². The molecule has 1 rings (SSSR count). The first-order valence-corrected chi connectivity index (χ1v) is 6.94. The number of hydrogen-bond acceptors (Lipinski definition) is 2. The van der Waals surface area contributed by atoms with Crippen LogP contribution in [0.4, 0.5) is 10.5 Å². The number of rotatable bonds is 5. The first kappa shape index (κ1) is 17.3. The molecule has 0 saturated heterocycles. The molecule has 0 bridgehead atoms. The molecule has 7 heteroatoms. The van der Waals surface area contributed by atoms with E-state index in [4.69, 9.17) is 28.3 Å². The van der Waals surface area contributed by atoms with Crippen molar-refractivity contribution in [3.05, 3.63) is 39.9 Å². The number of anilines is 1. The molecule has 0 aliphatic carbocycles. The second kappa shape index (κ2) is 7.33. The van der Waals surface area contributed by atoms with Crippen molar-refractivity contribution in [2.75, 3.05) is 18.4 Å². The van der Waals surface area contributed by atoms with Crippen LogP contribution in [-0.2, 0) is 0 Å². The summed E-state index contributed by atoms with van der Waals surface area (Å²) in [5.41, 5.74) is 0.983. The number of amides is 2. The molecule has 0 spiro atoms. The van der Waals surface area contributed by atoms with Gasteiger partial charge in [-0.2, -0.15) is 0 Å². The number of likely N-dealkylation sites (N-methyl/N-ethyl adjacent to an activating group) is 1. The van der Waals surface area contributed by atoms with Gasteiger partial charge in [-0.15, -0.1) is 0 Å². The van der Waals surface area contributed by atoms with Crippen LogP contribution in [0.25, 0.3) is 0 Å². The third-order valence-corrected chi connectivity index (χ3v) is 3.25. The van der Waals surface area contributed by atoms with Crippen LogP contribution in [0.3, 0.4) is 0 Å². The highest BCUT2D eigenvalue weighted by atomic mass is 35.5. The van der Waals surface area contributed by atoms with E-state index < -0.39 is 5.97 Å². The minimum atomic E-state index is -1.14. The molecule has 0 aromatic heterocycles. The van der Waals surface area contributed by atoms with Gasteiger partial charge in [0.05, 0.1) is 21.3 Å². The molecular formula is C14H16Cl2N2O3. The van der Waals surface area contributed by atoms with Gasteiger partial charge in [-0.05, 0) is 26.0 Å². The zero-order chi connectivity index (χ0) is 16.2. The van der Waals surface area contributed by atoms with E-state index in [1.807, 2.05) is 13.8 Å². The van der Waals surface area contributed by atoms with Crippen LogP contribution < -0.4 is 5.32 Å². The smallest absolute Gasteiger partial charge is 0.335 e. The summed E-state index contributed by atoms with van der Waals surface area (Å²) in [7, 11) is 0. The number of carboxylic acid groups (broad SMARTS) is 1. The Kier molecular flexibility index (Phi) is 6.05. The van der Waals surface area contributed by atoms with Crippen molar-refractivity contribution in [1.29, 1.82) is 0 Å². The average Bonchev–Trinajstić information content (AvgIpc) is 2.39. The second-order valence-corrected chi connectivity index (χ2v) is 5.34. The molecule has 5 nitrogen and oxygen atoms in total. The lowest BCUT2D eigenvalue weighted by molar-refractivity contribution is 0.0697. The Hall–Kier alpha value is -1.72. The first-order chi connectivity index (χ1) is 9.76. The summed E-state index contributed by atoms with van der Waals surface area (Å²) in [6.07, 6.45) is 0. The lowest BCUT2D eigenvalue weighted by Gasteiger charge is -2.22. The number of hydrogen-bond donors (Lipinski definition) is 2. The van der Waals surface area contributed by atoms with Crippen molar-refractivity contribution < 1.29 is 14.7 Å². The van der Waals surface area contributed by atoms with Crippen molar-refractivity contribution in [1.82, 2.24) is 4.90 Å². The number of nitrogens with one attached hydrogen (secondary N) is 1. The summed E-state index contributed by atoms with van der Waals surface area (Å²) >= 11 is 12.0. The van der Waals surface area contributed by atoms with Crippen molar-refractivity contribution in [2.45, 2.75) is 13.8 Å². The second-order valence-electron chi connectivity index (χ2n) is 4.52. The zero-order valence-electron chi connectivity index (χ0n) is 11.7. The molecule has 1 aromatic rings. The Morgan fingerprint density at radius 2 is 1.86 bits per heavy atom. The highest BCUT2D eigenvalue weighted by molar-refractivity contribution is 6.40. The number of carbonyl (C=O) groups is 2. The van der Waals surface area contributed by atoms with Crippen LogP contribution in [0.15, 0.2) is 24.3 Å². The van der Waals surface area contributed by atoms with Crippen LogP contribution in [0, 0.1) is 0 Å². The maximum atomic E-state index is 12.1. The Bertz CT molecular complexity index is 565. The lowest BCUT2D eigenvalue weighted by atomic mass is 10.2. The Labute approximate surface area is 133 Å². The number of urea groups is 1. The van der Waals surface area contributed by atoms with Gasteiger partial charge in [0.25, 0.3) is 0 Å². The minimum absolute atomic E-state index is 0.0442. The molecule has 0 aliphatic rings. The molecule has 0 aliphatic heterocycles. The summed E-state index contributed by atoms with van der Waals surface area (Å²) < 4.78 is 0. The van der Waals surface area contributed by atoms with Crippen LogP contribution in [-0.4, -0.2) is 35.1 Å². The van der Waals surface area contributed by atoms with E-state index in [1.165, 1.54) is 17.0 Å². The molecule has 0 saturated carbocycles. The fraction of sp³-hybridized carbons (Fsp3) is 0.286. The first-order valence-electron chi connectivity index (χ1n) is 6.18. The highest BCUT2D eigenvalue weighted by Gasteiger charge is 2.17. The SMILES string of the molecule is C=C(C)CN(CC)C(=O)Nc1c(Cl)cc(C(=O)O)cc1Cl. The average molecular weight is 331 g/mol. The highest BCUT2D eigenvalue weighted by Crippen LogP contribution is 2.32. The van der Waals surface area contributed by atoms with E-state index in [2.05, 4.69) is 11.9 Å². The summed E-state index contributed by atoms with van der Waals surface area (Å²) in [5.74, 6) is -1.14. The summed E-state index contributed by atoms with van der Waals surface area (Å²) in [6.45, 7) is 8.30. The van der Waals surface area contributed by atoms with Crippen molar-refractivity contribution in [3.63, 3.8) is 0 Å². The van der Waals surface area contributed by atoms with Gasteiger partial charge < -0.3 is 15.3 Å². The molecule has 0 unspecified atom stereocenters. The Morgan fingerprint density at radius 1 is 1.33 bits per heavy atom. The molecular weight excluding hydrogens is 315 g/mol.